The van der Waals surface area contributed by atoms with Gasteiger partial charge in [-0.25, -0.2) is 14.6 Å². The molecule has 0 radical (unpaired) electrons. The molecule has 0 bridgehead atoms. The van der Waals surface area contributed by atoms with Crippen molar-refractivity contribution >= 4 is 52.1 Å². The van der Waals surface area contributed by atoms with Gasteiger partial charge in [-0.15, -0.1) is 0 Å². The number of nitrogens with one attached hydrogen (secondary N) is 1. The summed E-state index contributed by atoms with van der Waals surface area (Å²) >= 11 is 0. The molecular weight excluding hydrogens is 765 g/mol. The zero-order chi connectivity index (χ0) is 41.1. The summed E-state index contributed by atoms with van der Waals surface area (Å²) in [6, 6.07) is 22.1. The topological polar surface area (TPSA) is 189 Å². The number of fused-ring (bicyclic) bond motifs is 2. The molecule has 4 fully saturated rings. The largest absolute Gasteiger partial charge is 0.457 e. The summed E-state index contributed by atoms with van der Waals surface area (Å²) in [5.41, 5.74) is 10.1. The van der Waals surface area contributed by atoms with Crippen LogP contribution in [0.1, 0.15) is 65.3 Å². The highest BCUT2D eigenvalue weighted by Crippen LogP contribution is 2.38. The van der Waals surface area contributed by atoms with Crippen molar-refractivity contribution in [1.82, 2.24) is 39.8 Å². The van der Waals surface area contributed by atoms with Gasteiger partial charge in [-0.3, -0.25) is 39.1 Å². The predicted molar refractivity (Wildman–Crippen MR) is 220 cm³/mol. The highest BCUT2D eigenvalue weighted by atomic mass is 16.5. The van der Waals surface area contributed by atoms with E-state index in [1.165, 1.54) is 6.33 Å². The lowest BCUT2D eigenvalue weighted by Gasteiger charge is -2.47. The SMILES string of the molecule is Nc1ncnc2c1c(-c1ccc(Oc3ccccc3)cc1)nn2C1CCN(C(=O)C2CC(N3CCN(c4ccc5c(c4)C(=O)N(C4CCC(=O)NC4=O)C5=O)CC3)C2)CC1. The number of amides is 5. The molecule has 3 saturated heterocycles. The lowest BCUT2D eigenvalue weighted by Crippen LogP contribution is -2.56. The van der Waals surface area contributed by atoms with Crippen molar-refractivity contribution in [3.8, 4) is 22.8 Å². The summed E-state index contributed by atoms with van der Waals surface area (Å²) < 4.78 is 7.96. The van der Waals surface area contributed by atoms with Gasteiger partial charge in [0.15, 0.2) is 5.65 Å². The number of ether oxygens (including phenoxy) is 1. The second-order valence-corrected chi connectivity index (χ2v) is 16.3. The number of hydrogen-bond donors (Lipinski definition) is 2. The average Bonchev–Trinajstić information content (AvgIpc) is 3.76. The molecule has 1 atom stereocenters. The number of likely N-dealkylation sites (tertiary alicyclic amines) is 1. The van der Waals surface area contributed by atoms with Crippen molar-refractivity contribution in [2.24, 2.45) is 5.92 Å². The van der Waals surface area contributed by atoms with E-state index in [0.29, 0.717) is 47.4 Å². The normalized spacial score (nSPS) is 22.5. The Kier molecular flexibility index (Phi) is 9.50. The number of aromatic nitrogens is 4. The Labute approximate surface area is 345 Å². The van der Waals surface area contributed by atoms with Gasteiger partial charge in [0.05, 0.1) is 22.6 Å². The van der Waals surface area contributed by atoms with E-state index in [9.17, 15) is 24.0 Å². The number of piperazine rings is 1. The first kappa shape index (κ1) is 37.6. The average molecular weight is 809 g/mol. The van der Waals surface area contributed by atoms with Crippen LogP contribution in [0.4, 0.5) is 11.5 Å². The fourth-order valence-electron chi connectivity index (χ4n) is 9.44. The molecule has 1 unspecified atom stereocenters. The lowest BCUT2D eigenvalue weighted by molar-refractivity contribution is -0.142. The quantitative estimate of drug-likeness (QED) is 0.215. The Morgan fingerprint density at radius 1 is 0.767 bits per heavy atom. The molecule has 306 valence electrons. The first-order chi connectivity index (χ1) is 29.2. The Hall–Kier alpha value is -6.68. The highest BCUT2D eigenvalue weighted by molar-refractivity contribution is 6.23. The molecule has 5 amide bonds. The molecule has 6 heterocycles. The Bertz CT molecular complexity index is 2520. The van der Waals surface area contributed by atoms with E-state index in [1.807, 2.05) is 70.2 Å². The van der Waals surface area contributed by atoms with E-state index in [4.69, 9.17) is 15.6 Å². The van der Waals surface area contributed by atoms with Gasteiger partial charge in [0.2, 0.25) is 17.7 Å². The van der Waals surface area contributed by atoms with Crippen LogP contribution in [-0.2, 0) is 14.4 Å². The molecule has 1 saturated carbocycles. The Balaban J connectivity index is 0.723. The Morgan fingerprint density at radius 2 is 1.48 bits per heavy atom. The van der Waals surface area contributed by atoms with Gasteiger partial charge >= 0.3 is 0 Å². The van der Waals surface area contributed by atoms with E-state index >= 15 is 0 Å². The summed E-state index contributed by atoms with van der Waals surface area (Å²) in [7, 11) is 0. The highest BCUT2D eigenvalue weighted by Gasteiger charge is 2.45. The summed E-state index contributed by atoms with van der Waals surface area (Å²) in [6.45, 7) is 4.42. The maximum atomic E-state index is 13.7. The summed E-state index contributed by atoms with van der Waals surface area (Å²) in [5.74, 6) is 0.0484. The van der Waals surface area contributed by atoms with Gasteiger partial charge < -0.3 is 20.3 Å². The van der Waals surface area contributed by atoms with Crippen LogP contribution in [0.2, 0.25) is 0 Å². The van der Waals surface area contributed by atoms with E-state index < -0.39 is 29.7 Å². The number of nitrogens with two attached hydrogens (primary N) is 1. The standard InChI is InChI=1S/C44H44N10O6/c45-39-37-38(26-6-9-32(10-7-26)60-31-4-2-1-3-5-31)49-54(40(37)47-25-46-39)28-14-16-52(17-15-28)42(57)27-22-30(23-27)51-20-18-50(19-21-51)29-8-11-33-34(24-29)44(59)53(43(33)58)35-12-13-36(55)48-41(35)56/h1-11,24-25,27-28,30,35H,12-23H2,(H2,45,46,47)(H,48,55,56). The zero-order valence-corrected chi connectivity index (χ0v) is 32.9. The number of carbonyl (C=O) groups is 5. The summed E-state index contributed by atoms with van der Waals surface area (Å²) in [5, 5.41) is 8.00. The van der Waals surface area contributed by atoms with Gasteiger partial charge in [-0.1, -0.05) is 18.2 Å². The number of carbonyl (C=O) groups excluding carboxylic acids is 5. The predicted octanol–water partition coefficient (Wildman–Crippen LogP) is 4.03. The molecule has 60 heavy (non-hydrogen) atoms. The maximum Gasteiger partial charge on any atom is 0.262 e. The van der Waals surface area contributed by atoms with Crippen LogP contribution in [0, 0.1) is 5.92 Å². The van der Waals surface area contributed by atoms with Gasteiger partial charge in [0, 0.05) is 68.9 Å². The van der Waals surface area contributed by atoms with Crippen molar-refractivity contribution in [3.63, 3.8) is 0 Å². The molecule has 0 spiro atoms. The molecule has 3 aromatic carbocycles. The van der Waals surface area contributed by atoms with Gasteiger partial charge in [0.25, 0.3) is 11.8 Å². The van der Waals surface area contributed by atoms with Crippen LogP contribution < -0.4 is 20.7 Å². The number of piperidine rings is 2. The van der Waals surface area contributed by atoms with Crippen molar-refractivity contribution in [2.45, 2.75) is 56.7 Å². The molecule has 4 aliphatic heterocycles. The first-order valence-electron chi connectivity index (χ1n) is 20.7. The zero-order valence-electron chi connectivity index (χ0n) is 32.9. The van der Waals surface area contributed by atoms with Crippen LogP contribution in [0.25, 0.3) is 22.3 Å². The van der Waals surface area contributed by atoms with Crippen LogP contribution >= 0.6 is 0 Å². The van der Waals surface area contributed by atoms with Crippen molar-refractivity contribution in [3.05, 3.63) is 90.3 Å². The van der Waals surface area contributed by atoms with Gasteiger partial charge in [-0.2, -0.15) is 5.10 Å². The molecular formula is C44H44N10O6. The number of benzene rings is 3. The van der Waals surface area contributed by atoms with Crippen LogP contribution in [0.5, 0.6) is 11.5 Å². The van der Waals surface area contributed by atoms with Crippen LogP contribution in [0.15, 0.2) is 79.1 Å². The molecule has 2 aromatic heterocycles. The number of rotatable bonds is 8. The molecule has 16 nitrogen and oxygen atoms in total. The number of nitrogens with zero attached hydrogens (tertiary/aromatic N) is 8. The number of para-hydroxylation sites is 1. The first-order valence-corrected chi connectivity index (χ1v) is 20.7. The molecule has 5 aromatic rings. The molecule has 10 rings (SSSR count). The third-order valence-electron chi connectivity index (χ3n) is 12.8. The van der Waals surface area contributed by atoms with E-state index in [2.05, 4.69) is 25.1 Å². The number of hydrogen-bond acceptors (Lipinski definition) is 12. The second kappa shape index (κ2) is 15.2. The monoisotopic (exact) mass is 808 g/mol. The minimum Gasteiger partial charge on any atom is -0.457 e. The number of anilines is 2. The van der Waals surface area contributed by atoms with Crippen molar-refractivity contribution in [1.29, 1.82) is 0 Å². The van der Waals surface area contributed by atoms with E-state index in [1.54, 1.807) is 12.1 Å². The minimum absolute atomic E-state index is 0.00988. The fourth-order valence-corrected chi connectivity index (χ4v) is 9.44. The van der Waals surface area contributed by atoms with Gasteiger partial charge in [-0.05, 0) is 86.7 Å². The number of imide groups is 2. The molecule has 16 heteroatoms. The third kappa shape index (κ3) is 6.69. The maximum absolute atomic E-state index is 13.7. The van der Waals surface area contributed by atoms with E-state index in [-0.39, 0.29) is 41.8 Å². The van der Waals surface area contributed by atoms with E-state index in [0.717, 1.165) is 73.8 Å². The molecule has 5 aliphatic rings. The lowest BCUT2D eigenvalue weighted by atomic mass is 9.77. The van der Waals surface area contributed by atoms with Crippen LogP contribution in [0.3, 0.4) is 0 Å². The van der Waals surface area contributed by atoms with Gasteiger partial charge in [0.1, 0.15) is 35.4 Å². The van der Waals surface area contributed by atoms with Crippen molar-refractivity contribution < 1.29 is 28.7 Å². The minimum atomic E-state index is -0.989. The molecule has 3 N–H and O–H groups in total. The third-order valence-corrected chi connectivity index (χ3v) is 12.8. The smallest absolute Gasteiger partial charge is 0.262 e. The van der Waals surface area contributed by atoms with Crippen molar-refractivity contribution in [2.75, 3.05) is 49.9 Å². The second-order valence-electron chi connectivity index (χ2n) is 16.3. The Morgan fingerprint density at radius 3 is 2.22 bits per heavy atom. The fraction of sp³-hybridized carbons (Fsp3) is 0.364. The summed E-state index contributed by atoms with van der Waals surface area (Å²) in [4.78, 5) is 80.9. The number of nitrogen functional groups attached to an aromatic ring is 1. The molecule has 1 aliphatic carbocycles. The van der Waals surface area contributed by atoms with Crippen LogP contribution in [-0.4, -0.2) is 115 Å². The summed E-state index contributed by atoms with van der Waals surface area (Å²) in [6.07, 6.45) is 4.86.